The van der Waals surface area contributed by atoms with Crippen molar-refractivity contribution in [2.24, 2.45) is 0 Å². The molecular weight excluding hydrogens is 582 g/mol. The Bertz CT molecular complexity index is 1430. The van der Waals surface area contributed by atoms with E-state index < -0.39 is 58.6 Å². The highest BCUT2D eigenvalue weighted by Gasteiger charge is 2.81. The second kappa shape index (κ2) is 11.1. The molecule has 0 saturated carbocycles. The van der Waals surface area contributed by atoms with Gasteiger partial charge in [-0.2, -0.15) is 35.1 Å². The molecule has 1 unspecified atom stereocenters. The Labute approximate surface area is 223 Å². The smallest absolute Gasteiger partial charge is 0.457 e. The van der Waals surface area contributed by atoms with Crippen LogP contribution in [-0.4, -0.2) is 42.2 Å². The van der Waals surface area contributed by atoms with Crippen molar-refractivity contribution in [1.82, 2.24) is 10.3 Å². The van der Waals surface area contributed by atoms with Gasteiger partial charge in [-0.3, -0.25) is 9.78 Å². The predicted molar refractivity (Wildman–Crippen MR) is 123 cm³/mol. The maximum absolute atomic E-state index is 14.5. The summed E-state index contributed by atoms with van der Waals surface area (Å²) in [5.74, 6) is -8.33. The van der Waals surface area contributed by atoms with Crippen LogP contribution in [-0.2, 0) is 5.67 Å². The van der Waals surface area contributed by atoms with Crippen molar-refractivity contribution in [1.29, 1.82) is 0 Å². The fraction of sp³-hybridized carbons (Fsp3) is 0.208. The number of anilines is 2. The number of halogens is 10. The van der Waals surface area contributed by atoms with Crippen LogP contribution in [0.3, 0.4) is 0 Å². The van der Waals surface area contributed by atoms with E-state index in [1.807, 2.05) is 10.6 Å². The Kier molecular flexibility index (Phi) is 8.41. The number of hydrogen-bond donors (Lipinski definition) is 3. The van der Waals surface area contributed by atoms with E-state index in [0.717, 1.165) is 12.1 Å². The molecule has 3 rings (SSSR count). The Morgan fingerprint density at radius 2 is 1.39 bits per heavy atom. The zero-order valence-electron chi connectivity index (χ0n) is 20.2. The van der Waals surface area contributed by atoms with Crippen LogP contribution < -0.4 is 20.7 Å². The number of carbonyl (C=O) groups excluding carboxylic acids is 2. The number of nitrogens with one attached hydrogen (secondary N) is 3. The minimum absolute atomic E-state index is 0.00980. The second-order valence-corrected chi connectivity index (χ2v) is 8.08. The van der Waals surface area contributed by atoms with Crippen LogP contribution >= 0.6 is 0 Å². The molecular formula is C24H16F10N4O3. The minimum Gasteiger partial charge on any atom is -0.457 e. The molecule has 0 bridgehead atoms. The molecule has 3 amide bonds. The van der Waals surface area contributed by atoms with Gasteiger partial charge in [-0.1, -0.05) is 12.1 Å². The average molecular weight is 598 g/mol. The van der Waals surface area contributed by atoms with Crippen molar-refractivity contribution in [2.75, 3.05) is 17.7 Å². The average Bonchev–Trinajstić information content (AvgIpc) is 2.88. The molecule has 7 nitrogen and oxygen atoms in total. The lowest BCUT2D eigenvalue weighted by atomic mass is 9.87. The van der Waals surface area contributed by atoms with Crippen LogP contribution in [0.2, 0.25) is 0 Å². The molecule has 41 heavy (non-hydrogen) atoms. The first-order valence-corrected chi connectivity index (χ1v) is 10.9. The van der Waals surface area contributed by atoms with Gasteiger partial charge in [-0.05, 0) is 30.3 Å². The minimum atomic E-state index is -6.88. The summed E-state index contributed by atoms with van der Waals surface area (Å²) >= 11 is 0. The lowest BCUT2D eigenvalue weighted by molar-refractivity contribution is -0.389. The predicted octanol–water partition coefficient (Wildman–Crippen LogP) is 6.94. The number of rotatable bonds is 7. The molecule has 1 aromatic heterocycles. The van der Waals surface area contributed by atoms with Crippen molar-refractivity contribution in [3.05, 3.63) is 77.9 Å². The number of urea groups is 1. The monoisotopic (exact) mass is 598 g/mol. The summed E-state index contributed by atoms with van der Waals surface area (Å²) in [6.07, 6.45) is -12.3. The normalized spacial score (nSPS) is 13.6. The molecule has 1 atom stereocenters. The van der Waals surface area contributed by atoms with Gasteiger partial charge < -0.3 is 20.7 Å². The third-order valence-corrected chi connectivity index (χ3v) is 5.34. The fourth-order valence-electron chi connectivity index (χ4n) is 3.31. The molecule has 0 radical (unpaired) electrons. The Hall–Kier alpha value is -4.57. The summed E-state index contributed by atoms with van der Waals surface area (Å²) in [6.45, 7) is 0. The molecule has 0 fully saturated rings. The molecule has 0 saturated heterocycles. The lowest BCUT2D eigenvalue weighted by Crippen LogP contribution is -2.59. The Morgan fingerprint density at radius 1 is 0.780 bits per heavy atom. The highest BCUT2D eigenvalue weighted by Crippen LogP contribution is 2.58. The third kappa shape index (κ3) is 6.28. The van der Waals surface area contributed by atoms with E-state index in [1.165, 1.54) is 31.4 Å². The number of pyridine rings is 1. The van der Waals surface area contributed by atoms with Crippen LogP contribution in [0.15, 0.2) is 60.8 Å². The van der Waals surface area contributed by atoms with E-state index in [-0.39, 0.29) is 29.3 Å². The number of ether oxygens (including phenoxy) is 1. The number of hydrogen-bond acceptors (Lipinski definition) is 4. The lowest BCUT2D eigenvalue weighted by Gasteiger charge is -2.36. The SMILES string of the molecule is CNC(=O)c1cc(Oc2ccc(NC(=O)Nc3ccc(C(F)(C(F)(F)F)C(F)(F)C(F)(F)F)cc3)c(F)c2)ccn1. The fourth-order valence-corrected chi connectivity index (χ4v) is 3.31. The van der Waals surface area contributed by atoms with Crippen molar-refractivity contribution in [2.45, 2.75) is 23.9 Å². The summed E-state index contributed by atoms with van der Waals surface area (Å²) in [7, 11) is 1.38. The standard InChI is InChI=1S/C24H16F10N4O3/c1-35-19(39)18-11-15(8-9-36-18)41-14-6-7-17(16(25)10-14)38-20(40)37-13-4-2-12(3-5-13)21(26,23(29,30)31)22(27,28)24(32,33)34/h2-11H,1H3,(H,35,39)(H2,37,38,40). The van der Waals surface area contributed by atoms with Gasteiger partial charge in [-0.25, -0.2) is 13.6 Å². The van der Waals surface area contributed by atoms with E-state index in [1.54, 1.807) is 0 Å². The summed E-state index contributed by atoms with van der Waals surface area (Å²) in [4.78, 5) is 27.7. The van der Waals surface area contributed by atoms with Crippen LogP contribution in [0.5, 0.6) is 11.5 Å². The number of alkyl halides is 9. The van der Waals surface area contributed by atoms with Crippen molar-refractivity contribution in [3.8, 4) is 11.5 Å². The quantitative estimate of drug-likeness (QED) is 0.257. The molecule has 0 aliphatic rings. The zero-order valence-corrected chi connectivity index (χ0v) is 20.2. The van der Waals surface area contributed by atoms with Gasteiger partial charge >= 0.3 is 30.0 Å². The summed E-state index contributed by atoms with van der Waals surface area (Å²) < 4.78 is 139. The molecule has 1 heterocycles. The van der Waals surface area contributed by atoms with Crippen molar-refractivity contribution >= 4 is 23.3 Å². The molecule has 220 valence electrons. The zero-order chi connectivity index (χ0) is 30.8. The van der Waals surface area contributed by atoms with Crippen LogP contribution in [0.25, 0.3) is 0 Å². The van der Waals surface area contributed by atoms with Gasteiger partial charge in [0.25, 0.3) is 5.91 Å². The molecule has 3 N–H and O–H groups in total. The highest BCUT2D eigenvalue weighted by molar-refractivity contribution is 5.99. The van der Waals surface area contributed by atoms with Crippen molar-refractivity contribution in [3.63, 3.8) is 0 Å². The van der Waals surface area contributed by atoms with Gasteiger partial charge in [0.15, 0.2) is 0 Å². The molecule has 0 spiro atoms. The molecule has 17 heteroatoms. The largest absolute Gasteiger partial charge is 0.457 e. The van der Waals surface area contributed by atoms with Crippen molar-refractivity contribution < 1.29 is 58.2 Å². The molecule has 0 aliphatic carbocycles. The molecule has 0 aliphatic heterocycles. The number of aromatic nitrogens is 1. The van der Waals surface area contributed by atoms with E-state index >= 15 is 0 Å². The Morgan fingerprint density at radius 3 is 1.93 bits per heavy atom. The number of nitrogens with zero attached hydrogens (tertiary/aromatic N) is 1. The van der Waals surface area contributed by atoms with Gasteiger partial charge in [0, 0.05) is 36.6 Å². The van der Waals surface area contributed by atoms with Crippen LogP contribution in [0.4, 0.5) is 60.1 Å². The summed E-state index contributed by atoms with van der Waals surface area (Å²) in [6, 6.07) is 5.41. The summed E-state index contributed by atoms with van der Waals surface area (Å²) in [5.41, 5.74) is -9.09. The number of benzene rings is 2. The van der Waals surface area contributed by atoms with Crippen LogP contribution in [0.1, 0.15) is 16.1 Å². The van der Waals surface area contributed by atoms with Gasteiger partial charge in [0.05, 0.1) is 5.69 Å². The van der Waals surface area contributed by atoms with Gasteiger partial charge in [0.1, 0.15) is 23.0 Å². The molecule has 3 aromatic rings. The van der Waals surface area contributed by atoms with Gasteiger partial charge in [-0.15, -0.1) is 0 Å². The first-order valence-electron chi connectivity index (χ1n) is 10.9. The molecule has 2 aromatic carbocycles. The topological polar surface area (TPSA) is 92.4 Å². The number of amides is 3. The van der Waals surface area contributed by atoms with Gasteiger partial charge in [0.2, 0.25) is 0 Å². The van der Waals surface area contributed by atoms with E-state index in [9.17, 15) is 53.5 Å². The maximum atomic E-state index is 14.5. The summed E-state index contributed by atoms with van der Waals surface area (Å²) in [5, 5.41) is 6.36. The van der Waals surface area contributed by atoms with Crippen LogP contribution in [0, 0.1) is 5.82 Å². The maximum Gasteiger partial charge on any atom is 0.457 e. The highest BCUT2D eigenvalue weighted by atomic mass is 19.4. The van der Waals surface area contributed by atoms with E-state index in [0.29, 0.717) is 12.1 Å². The Balaban J connectivity index is 1.72. The van der Waals surface area contributed by atoms with E-state index in [4.69, 9.17) is 4.74 Å². The van der Waals surface area contributed by atoms with E-state index in [2.05, 4.69) is 10.3 Å². The third-order valence-electron chi connectivity index (χ3n) is 5.34. The first kappa shape index (κ1) is 31.0. The number of carbonyl (C=O) groups is 2. The first-order chi connectivity index (χ1) is 18.9. The second-order valence-electron chi connectivity index (χ2n) is 8.08.